The van der Waals surface area contributed by atoms with Crippen LogP contribution in [0.15, 0.2) is 30.5 Å². The number of fused-ring (bicyclic) bond motifs is 1. The number of carbonyl (C=O) groups excluding carboxylic acids is 1. The third kappa shape index (κ3) is 2.69. The van der Waals surface area contributed by atoms with Gasteiger partial charge < -0.3 is 10.1 Å². The van der Waals surface area contributed by atoms with Gasteiger partial charge >= 0.3 is 0 Å². The van der Waals surface area contributed by atoms with Gasteiger partial charge in [-0.3, -0.25) is 14.7 Å². The lowest BCUT2D eigenvalue weighted by Gasteiger charge is -2.32. The Kier molecular flexibility index (Phi) is 4.36. The molecule has 22 heavy (non-hydrogen) atoms. The third-order valence-corrected chi connectivity index (χ3v) is 4.30. The smallest absolute Gasteiger partial charge is 0.180 e. The summed E-state index contributed by atoms with van der Waals surface area (Å²) in [4.78, 5) is 19.5. The second-order valence-electron chi connectivity index (χ2n) is 5.54. The molecule has 0 aliphatic carbocycles. The molecule has 1 atom stereocenters. The zero-order valence-corrected chi connectivity index (χ0v) is 13.0. The van der Waals surface area contributed by atoms with Crippen LogP contribution in [0.1, 0.15) is 17.3 Å². The van der Waals surface area contributed by atoms with Crippen LogP contribution >= 0.6 is 0 Å². The van der Waals surface area contributed by atoms with Gasteiger partial charge in [0.15, 0.2) is 5.78 Å². The molecule has 0 bridgehead atoms. The third-order valence-electron chi connectivity index (χ3n) is 4.30. The number of ketones is 1. The van der Waals surface area contributed by atoms with E-state index in [2.05, 4.69) is 15.2 Å². The van der Waals surface area contributed by atoms with Gasteiger partial charge in [0.05, 0.1) is 13.2 Å². The van der Waals surface area contributed by atoms with Crippen molar-refractivity contribution < 1.29 is 9.53 Å². The molecular weight excluding hydrogens is 278 g/mol. The Hall–Kier alpha value is -1.98. The highest BCUT2D eigenvalue weighted by Gasteiger charge is 2.25. The van der Waals surface area contributed by atoms with Crippen LogP contribution in [0.2, 0.25) is 0 Å². The molecule has 3 rings (SSSR count). The van der Waals surface area contributed by atoms with Crippen LogP contribution in [0.25, 0.3) is 10.9 Å². The number of Topliss-reactive ketones (excluding diaryl/α,β-unsaturated/α-hetero) is 1. The molecule has 1 aromatic carbocycles. The fraction of sp³-hybridized carbons (Fsp3) is 0.412. The van der Waals surface area contributed by atoms with Gasteiger partial charge in [-0.1, -0.05) is 6.07 Å². The van der Waals surface area contributed by atoms with Crippen molar-refractivity contribution in [3.8, 4) is 5.75 Å². The van der Waals surface area contributed by atoms with E-state index in [-0.39, 0.29) is 11.8 Å². The van der Waals surface area contributed by atoms with E-state index < -0.39 is 0 Å². The maximum atomic E-state index is 12.9. The molecule has 0 saturated carbocycles. The van der Waals surface area contributed by atoms with Gasteiger partial charge in [-0.2, -0.15) is 0 Å². The van der Waals surface area contributed by atoms with Gasteiger partial charge in [0.1, 0.15) is 11.3 Å². The molecule has 2 heterocycles. The molecule has 1 aliphatic rings. The van der Waals surface area contributed by atoms with E-state index in [1.54, 1.807) is 13.3 Å². The molecule has 1 saturated heterocycles. The Morgan fingerprint density at radius 1 is 1.32 bits per heavy atom. The maximum Gasteiger partial charge on any atom is 0.180 e. The lowest BCUT2D eigenvalue weighted by Crippen LogP contribution is -2.50. The van der Waals surface area contributed by atoms with E-state index in [0.29, 0.717) is 5.75 Å². The standard InChI is InChI=1S/C17H21N3O2/c1-12(20-10-8-18-9-11-20)17(21)14-5-6-15(22-2)16-13(14)4-3-7-19-16/h3-7,12,18H,8-11H2,1-2H3. The largest absolute Gasteiger partial charge is 0.494 e. The molecule has 116 valence electrons. The van der Waals surface area contributed by atoms with Crippen LogP contribution in [0, 0.1) is 0 Å². The minimum Gasteiger partial charge on any atom is -0.494 e. The molecular formula is C17H21N3O2. The number of ether oxygens (including phenoxy) is 1. The predicted octanol–water partition coefficient (Wildman–Crippen LogP) is 1.72. The van der Waals surface area contributed by atoms with E-state index >= 15 is 0 Å². The van der Waals surface area contributed by atoms with Crippen molar-refractivity contribution in [2.24, 2.45) is 0 Å². The number of nitrogens with zero attached hydrogens (tertiary/aromatic N) is 2. The van der Waals surface area contributed by atoms with Gasteiger partial charge in [-0.25, -0.2) is 0 Å². The number of aromatic nitrogens is 1. The summed E-state index contributed by atoms with van der Waals surface area (Å²) in [5.41, 5.74) is 1.46. The summed E-state index contributed by atoms with van der Waals surface area (Å²) in [5, 5.41) is 4.17. The summed E-state index contributed by atoms with van der Waals surface area (Å²) < 4.78 is 5.35. The first-order valence-electron chi connectivity index (χ1n) is 7.63. The maximum absolute atomic E-state index is 12.9. The van der Waals surface area contributed by atoms with Crippen molar-refractivity contribution in [3.63, 3.8) is 0 Å². The Morgan fingerprint density at radius 3 is 2.82 bits per heavy atom. The highest BCUT2D eigenvalue weighted by molar-refractivity contribution is 6.10. The quantitative estimate of drug-likeness (QED) is 0.871. The topological polar surface area (TPSA) is 54.5 Å². The number of methoxy groups -OCH3 is 1. The van der Waals surface area contributed by atoms with Gasteiger partial charge in [0, 0.05) is 43.3 Å². The SMILES string of the molecule is COc1ccc(C(=O)C(C)N2CCNCC2)c2cccnc12. The summed E-state index contributed by atoms with van der Waals surface area (Å²) in [6, 6.07) is 7.34. The molecule has 1 fully saturated rings. The Bertz CT molecular complexity index is 681. The van der Waals surface area contributed by atoms with Gasteiger partial charge in [0.25, 0.3) is 0 Å². The first-order chi connectivity index (χ1) is 10.7. The highest BCUT2D eigenvalue weighted by Crippen LogP contribution is 2.27. The van der Waals surface area contributed by atoms with Crippen LogP contribution in [-0.2, 0) is 0 Å². The number of benzene rings is 1. The lowest BCUT2D eigenvalue weighted by atomic mass is 9.98. The first kappa shape index (κ1) is 14.9. The molecule has 0 spiro atoms. The van der Waals surface area contributed by atoms with Gasteiger partial charge in [-0.05, 0) is 25.1 Å². The van der Waals surface area contributed by atoms with E-state index in [0.717, 1.165) is 42.6 Å². The van der Waals surface area contributed by atoms with E-state index in [1.165, 1.54) is 0 Å². The van der Waals surface area contributed by atoms with E-state index in [1.807, 2.05) is 31.2 Å². The minimum absolute atomic E-state index is 0.126. The monoisotopic (exact) mass is 299 g/mol. The normalized spacial score (nSPS) is 17.4. The van der Waals surface area contributed by atoms with Crippen molar-refractivity contribution in [2.45, 2.75) is 13.0 Å². The molecule has 2 aromatic rings. The van der Waals surface area contributed by atoms with Crippen LogP contribution in [-0.4, -0.2) is 55.0 Å². The fourth-order valence-corrected chi connectivity index (χ4v) is 2.99. The second-order valence-corrected chi connectivity index (χ2v) is 5.54. The molecule has 1 unspecified atom stereocenters. The zero-order chi connectivity index (χ0) is 15.5. The lowest BCUT2D eigenvalue weighted by molar-refractivity contribution is 0.0822. The summed E-state index contributed by atoms with van der Waals surface area (Å²) in [6.07, 6.45) is 1.72. The average Bonchev–Trinajstić information content (AvgIpc) is 2.60. The average molecular weight is 299 g/mol. The van der Waals surface area contributed by atoms with Crippen LogP contribution < -0.4 is 10.1 Å². The Balaban J connectivity index is 1.97. The molecule has 1 aromatic heterocycles. The number of rotatable bonds is 4. The van der Waals surface area contributed by atoms with Crippen molar-refractivity contribution in [3.05, 3.63) is 36.0 Å². The number of piperazine rings is 1. The summed E-state index contributed by atoms with van der Waals surface area (Å²) >= 11 is 0. The molecule has 5 heteroatoms. The summed E-state index contributed by atoms with van der Waals surface area (Å²) in [5.74, 6) is 0.838. The van der Waals surface area contributed by atoms with E-state index in [4.69, 9.17) is 4.74 Å². The van der Waals surface area contributed by atoms with Gasteiger partial charge in [0.2, 0.25) is 0 Å². The van der Waals surface area contributed by atoms with Crippen molar-refractivity contribution in [2.75, 3.05) is 33.3 Å². The first-order valence-corrected chi connectivity index (χ1v) is 7.63. The minimum atomic E-state index is -0.126. The fourth-order valence-electron chi connectivity index (χ4n) is 2.99. The van der Waals surface area contributed by atoms with Gasteiger partial charge in [-0.15, -0.1) is 0 Å². The molecule has 0 radical (unpaired) electrons. The van der Waals surface area contributed by atoms with Crippen LogP contribution in [0.3, 0.4) is 0 Å². The second kappa shape index (κ2) is 6.42. The number of hydrogen-bond donors (Lipinski definition) is 1. The van der Waals surface area contributed by atoms with Crippen molar-refractivity contribution in [1.29, 1.82) is 0 Å². The summed E-state index contributed by atoms with van der Waals surface area (Å²) in [6.45, 7) is 5.66. The van der Waals surface area contributed by atoms with Crippen LogP contribution in [0.5, 0.6) is 5.75 Å². The summed E-state index contributed by atoms with van der Waals surface area (Å²) in [7, 11) is 1.62. The number of nitrogens with one attached hydrogen (secondary N) is 1. The highest BCUT2D eigenvalue weighted by atomic mass is 16.5. The zero-order valence-electron chi connectivity index (χ0n) is 13.0. The number of pyridine rings is 1. The molecule has 5 nitrogen and oxygen atoms in total. The number of hydrogen-bond acceptors (Lipinski definition) is 5. The van der Waals surface area contributed by atoms with Crippen molar-refractivity contribution >= 4 is 16.7 Å². The Labute approximate surface area is 130 Å². The molecule has 1 aliphatic heterocycles. The predicted molar refractivity (Wildman–Crippen MR) is 86.5 cm³/mol. The molecule has 1 N–H and O–H groups in total. The van der Waals surface area contributed by atoms with E-state index in [9.17, 15) is 4.79 Å². The Morgan fingerprint density at radius 2 is 2.09 bits per heavy atom. The number of carbonyl (C=O) groups is 1. The van der Waals surface area contributed by atoms with Crippen molar-refractivity contribution in [1.82, 2.24) is 15.2 Å². The molecule has 0 amide bonds. The van der Waals surface area contributed by atoms with Crippen LogP contribution in [0.4, 0.5) is 0 Å².